The fraction of sp³-hybridized carbons (Fsp3) is 0.0625. The zero-order valence-electron chi connectivity index (χ0n) is 12.0. The maximum absolute atomic E-state index is 12.0. The number of halogens is 2. The third-order valence-corrected chi connectivity index (χ3v) is 4.41. The molecule has 8 heteroatoms. The first-order valence-corrected chi connectivity index (χ1v) is 8.48. The summed E-state index contributed by atoms with van der Waals surface area (Å²) >= 11 is 13.0. The second kappa shape index (κ2) is 7.14. The molecule has 0 saturated heterocycles. The number of amides is 1. The van der Waals surface area contributed by atoms with Crippen LogP contribution in [0.2, 0.25) is 10.0 Å². The van der Waals surface area contributed by atoms with Gasteiger partial charge in [0.25, 0.3) is 5.22 Å². The summed E-state index contributed by atoms with van der Waals surface area (Å²) < 4.78 is 5.53. The molecule has 1 N–H and O–H groups in total. The fourth-order valence-electron chi connectivity index (χ4n) is 1.95. The van der Waals surface area contributed by atoms with Crippen LogP contribution >= 0.6 is 35.0 Å². The highest BCUT2D eigenvalue weighted by atomic mass is 35.5. The zero-order valence-corrected chi connectivity index (χ0v) is 14.4. The number of benzene rings is 2. The fourth-order valence-corrected chi connectivity index (χ4v) is 2.98. The largest absolute Gasteiger partial charge is 0.431 e. The Labute approximate surface area is 151 Å². The molecular weight excluding hydrogens is 369 g/mol. The molecule has 0 unspecified atom stereocenters. The number of carbonyl (C=O) groups excluding carboxylic acids is 1. The predicted molar refractivity (Wildman–Crippen MR) is 94.5 cm³/mol. The van der Waals surface area contributed by atoms with Crippen molar-refractivity contribution in [2.75, 3.05) is 11.1 Å². The summed E-state index contributed by atoms with van der Waals surface area (Å²) in [4.78, 5) is 16.3. The minimum absolute atomic E-state index is 0.123. The molecule has 0 bridgehead atoms. The van der Waals surface area contributed by atoms with Crippen LogP contribution in [-0.4, -0.2) is 16.6 Å². The van der Waals surface area contributed by atoms with Gasteiger partial charge >= 0.3 is 0 Å². The zero-order chi connectivity index (χ0) is 17.1. The van der Waals surface area contributed by atoms with Crippen molar-refractivity contribution in [3.8, 4) is 6.07 Å². The summed E-state index contributed by atoms with van der Waals surface area (Å²) in [5.74, 6) is -0.112. The Hall–Kier alpha value is -2.20. The van der Waals surface area contributed by atoms with Crippen molar-refractivity contribution < 1.29 is 9.21 Å². The molecule has 0 fully saturated rings. The molecule has 24 heavy (non-hydrogen) atoms. The maximum Gasteiger partial charge on any atom is 0.257 e. The van der Waals surface area contributed by atoms with E-state index in [-0.39, 0.29) is 11.7 Å². The number of nitrogens with one attached hydrogen (secondary N) is 1. The first-order valence-electron chi connectivity index (χ1n) is 6.73. The number of hydrogen-bond donors (Lipinski definition) is 1. The van der Waals surface area contributed by atoms with E-state index in [0.717, 1.165) is 0 Å². The van der Waals surface area contributed by atoms with Gasteiger partial charge in [0.05, 0.1) is 16.3 Å². The Morgan fingerprint density at radius 2 is 2.12 bits per heavy atom. The Morgan fingerprint density at radius 1 is 1.29 bits per heavy atom. The van der Waals surface area contributed by atoms with Gasteiger partial charge in [-0.3, -0.25) is 4.79 Å². The first-order chi connectivity index (χ1) is 11.5. The lowest BCUT2D eigenvalue weighted by atomic mass is 10.2. The van der Waals surface area contributed by atoms with E-state index in [1.54, 1.807) is 30.3 Å². The molecule has 3 rings (SSSR count). The van der Waals surface area contributed by atoms with Crippen molar-refractivity contribution in [1.82, 2.24) is 4.98 Å². The molecule has 0 atom stereocenters. The Balaban J connectivity index is 1.62. The van der Waals surface area contributed by atoms with Crippen LogP contribution in [0.3, 0.4) is 0 Å². The number of thioether (sulfide) groups is 1. The van der Waals surface area contributed by atoms with Crippen LogP contribution in [0.5, 0.6) is 0 Å². The molecule has 0 aliphatic heterocycles. The van der Waals surface area contributed by atoms with E-state index in [4.69, 9.17) is 32.9 Å². The average molecular weight is 378 g/mol. The minimum atomic E-state index is -0.235. The lowest BCUT2D eigenvalue weighted by molar-refractivity contribution is -0.113. The summed E-state index contributed by atoms with van der Waals surface area (Å²) in [6.07, 6.45) is 0. The molecule has 3 aromatic rings. The van der Waals surface area contributed by atoms with E-state index in [9.17, 15) is 4.79 Å². The smallest absolute Gasteiger partial charge is 0.257 e. The molecule has 2 aromatic carbocycles. The van der Waals surface area contributed by atoms with E-state index in [1.165, 1.54) is 17.8 Å². The number of nitrogens with zero attached hydrogens (tertiary/aromatic N) is 2. The van der Waals surface area contributed by atoms with Gasteiger partial charge in [0.2, 0.25) is 5.91 Å². The predicted octanol–water partition coefficient (Wildman–Crippen LogP) is 4.74. The van der Waals surface area contributed by atoms with Gasteiger partial charge in [0.15, 0.2) is 5.58 Å². The summed E-state index contributed by atoms with van der Waals surface area (Å²) in [6, 6.07) is 11.8. The van der Waals surface area contributed by atoms with Crippen LogP contribution in [0, 0.1) is 11.3 Å². The van der Waals surface area contributed by atoms with E-state index in [1.807, 2.05) is 6.07 Å². The van der Waals surface area contributed by atoms with Gasteiger partial charge in [-0.05, 0) is 36.4 Å². The second-order valence-electron chi connectivity index (χ2n) is 4.74. The van der Waals surface area contributed by atoms with Crippen LogP contribution < -0.4 is 5.32 Å². The van der Waals surface area contributed by atoms with Gasteiger partial charge in [-0.2, -0.15) is 5.26 Å². The highest BCUT2D eigenvalue weighted by Crippen LogP contribution is 2.26. The first kappa shape index (κ1) is 16.7. The molecule has 0 spiro atoms. The van der Waals surface area contributed by atoms with Crippen molar-refractivity contribution >= 4 is 57.7 Å². The van der Waals surface area contributed by atoms with Crippen molar-refractivity contribution in [3.05, 3.63) is 52.0 Å². The molecule has 0 saturated carbocycles. The van der Waals surface area contributed by atoms with Gasteiger partial charge in [0, 0.05) is 10.7 Å². The lowest BCUT2D eigenvalue weighted by Crippen LogP contribution is -2.14. The minimum Gasteiger partial charge on any atom is -0.431 e. The Kier molecular flexibility index (Phi) is 4.95. The average Bonchev–Trinajstić information content (AvgIpc) is 2.95. The Morgan fingerprint density at radius 3 is 2.88 bits per heavy atom. The number of rotatable bonds is 4. The summed E-state index contributed by atoms with van der Waals surface area (Å²) in [5.41, 5.74) is 2.13. The number of fused-ring (bicyclic) bond motifs is 1. The Bertz CT molecular complexity index is 966. The van der Waals surface area contributed by atoms with Crippen LogP contribution in [-0.2, 0) is 4.79 Å². The van der Waals surface area contributed by atoms with Crippen LogP contribution in [0.4, 0.5) is 5.69 Å². The topological polar surface area (TPSA) is 78.9 Å². The molecule has 1 aromatic heterocycles. The number of anilines is 1. The van der Waals surface area contributed by atoms with Crippen molar-refractivity contribution in [2.45, 2.75) is 5.22 Å². The molecule has 120 valence electrons. The summed E-state index contributed by atoms with van der Waals surface area (Å²) in [7, 11) is 0. The number of oxazole rings is 1. The van der Waals surface area contributed by atoms with E-state index in [0.29, 0.717) is 37.6 Å². The molecule has 0 aliphatic rings. The molecule has 0 aliphatic carbocycles. The third kappa shape index (κ3) is 3.82. The number of hydrogen-bond acceptors (Lipinski definition) is 5. The van der Waals surface area contributed by atoms with Crippen molar-refractivity contribution in [2.24, 2.45) is 0 Å². The number of aromatic nitrogens is 1. The van der Waals surface area contributed by atoms with Gasteiger partial charge in [-0.1, -0.05) is 35.0 Å². The summed E-state index contributed by atoms with van der Waals surface area (Å²) in [6.45, 7) is 0. The van der Waals surface area contributed by atoms with Gasteiger partial charge in [-0.25, -0.2) is 4.98 Å². The van der Waals surface area contributed by atoms with Crippen molar-refractivity contribution in [3.63, 3.8) is 0 Å². The third-order valence-electron chi connectivity index (χ3n) is 3.03. The number of nitriles is 1. The highest BCUT2D eigenvalue weighted by molar-refractivity contribution is 7.99. The van der Waals surface area contributed by atoms with E-state index >= 15 is 0 Å². The molecule has 5 nitrogen and oxygen atoms in total. The SMILES string of the molecule is N#Cc1ccc(NC(=O)CSc2nc3cc(Cl)ccc3o2)cc1Cl. The van der Waals surface area contributed by atoms with Crippen LogP contribution in [0.15, 0.2) is 46.0 Å². The summed E-state index contributed by atoms with van der Waals surface area (Å²) in [5, 5.41) is 12.8. The number of carbonyl (C=O) groups is 1. The quantitative estimate of drug-likeness (QED) is 0.664. The second-order valence-corrected chi connectivity index (χ2v) is 6.51. The molecule has 1 amide bonds. The lowest BCUT2D eigenvalue weighted by Gasteiger charge is -2.05. The van der Waals surface area contributed by atoms with Crippen LogP contribution in [0.25, 0.3) is 11.1 Å². The standard InChI is InChI=1S/C16H9Cl2N3O2S/c17-10-2-4-14-13(5-10)21-16(23-14)24-8-15(22)20-11-3-1-9(7-19)12(18)6-11/h1-6H,8H2,(H,20,22). The monoisotopic (exact) mass is 377 g/mol. The van der Waals surface area contributed by atoms with Gasteiger partial charge < -0.3 is 9.73 Å². The molecule has 1 heterocycles. The van der Waals surface area contributed by atoms with Crippen LogP contribution in [0.1, 0.15) is 5.56 Å². The van der Waals surface area contributed by atoms with E-state index < -0.39 is 0 Å². The van der Waals surface area contributed by atoms with E-state index in [2.05, 4.69) is 10.3 Å². The van der Waals surface area contributed by atoms with Gasteiger partial charge in [-0.15, -0.1) is 0 Å². The highest BCUT2D eigenvalue weighted by Gasteiger charge is 2.10. The molecular formula is C16H9Cl2N3O2S. The molecule has 0 radical (unpaired) electrons. The van der Waals surface area contributed by atoms with Crippen molar-refractivity contribution in [1.29, 1.82) is 5.26 Å². The maximum atomic E-state index is 12.0. The van der Waals surface area contributed by atoms with Gasteiger partial charge in [0.1, 0.15) is 11.6 Å². The normalized spacial score (nSPS) is 10.5.